The van der Waals surface area contributed by atoms with Crippen LogP contribution in [0.5, 0.6) is 0 Å². The number of amides is 2. The molecule has 0 radical (unpaired) electrons. The third-order valence-electron chi connectivity index (χ3n) is 5.31. The van der Waals surface area contributed by atoms with E-state index in [0.29, 0.717) is 6.42 Å². The van der Waals surface area contributed by atoms with Crippen LogP contribution in [0.15, 0.2) is 59.1 Å². The van der Waals surface area contributed by atoms with E-state index in [-0.39, 0.29) is 24.4 Å². The lowest BCUT2D eigenvalue weighted by molar-refractivity contribution is -0.129. The number of nitrogens with one attached hydrogen (secondary N) is 2. The zero-order valence-electron chi connectivity index (χ0n) is 16.3. The van der Waals surface area contributed by atoms with Crippen LogP contribution in [0, 0.1) is 6.92 Å². The van der Waals surface area contributed by atoms with Gasteiger partial charge in [-0.15, -0.1) is 0 Å². The zero-order chi connectivity index (χ0) is 20.4. The Kier molecular flexibility index (Phi) is 5.72. The highest BCUT2D eigenvalue weighted by molar-refractivity contribution is 9.10. The number of carbonyl (C=O) groups excluding carboxylic acids is 2. The van der Waals surface area contributed by atoms with E-state index >= 15 is 0 Å². The second-order valence-corrected chi connectivity index (χ2v) is 8.39. The largest absolute Gasteiger partial charge is 0.352 e. The topological polar surface area (TPSA) is 63.1 Å². The first-order valence-electron chi connectivity index (χ1n) is 9.90. The molecule has 0 aliphatic heterocycles. The van der Waals surface area contributed by atoms with E-state index < -0.39 is 6.04 Å². The van der Waals surface area contributed by atoms with Crippen LogP contribution in [0.4, 0.5) is 0 Å². The average Bonchev–Trinajstić information content (AvgIpc) is 3.51. The lowest BCUT2D eigenvalue weighted by Crippen LogP contribution is -2.49. The molecule has 0 saturated heterocycles. The maximum absolute atomic E-state index is 12.9. The lowest BCUT2D eigenvalue weighted by Gasteiger charge is -2.19. The Hall–Kier alpha value is -2.60. The van der Waals surface area contributed by atoms with Crippen LogP contribution < -0.4 is 10.6 Å². The van der Waals surface area contributed by atoms with Crippen LogP contribution in [0.2, 0.25) is 0 Å². The molecule has 29 heavy (non-hydrogen) atoms. The molecule has 1 atom stereocenters. The van der Waals surface area contributed by atoms with Gasteiger partial charge in [0.05, 0.1) is 0 Å². The van der Waals surface area contributed by atoms with Gasteiger partial charge in [-0.3, -0.25) is 9.59 Å². The third-order valence-corrected chi connectivity index (χ3v) is 6.31. The predicted octanol–water partition coefficient (Wildman–Crippen LogP) is 3.72. The van der Waals surface area contributed by atoms with E-state index in [4.69, 9.17) is 0 Å². The Balaban J connectivity index is 1.52. The standard InChI is InChI=1S/C23H24BrN3O2/c1-15-22(24)18-9-5-6-10-20(18)27(15)14-21(28)26-19(23(29)25-17-11-12-17)13-16-7-3-2-4-8-16/h2-10,17,19H,11-14H2,1H3,(H,25,29)(H,26,28). The predicted molar refractivity (Wildman–Crippen MR) is 118 cm³/mol. The maximum atomic E-state index is 12.9. The van der Waals surface area contributed by atoms with Crippen LogP contribution in [-0.2, 0) is 22.6 Å². The zero-order valence-corrected chi connectivity index (χ0v) is 17.9. The second-order valence-electron chi connectivity index (χ2n) is 7.60. The summed E-state index contributed by atoms with van der Waals surface area (Å²) >= 11 is 3.63. The van der Waals surface area contributed by atoms with Crippen LogP contribution >= 0.6 is 15.9 Å². The van der Waals surface area contributed by atoms with E-state index in [2.05, 4.69) is 26.6 Å². The molecule has 150 valence electrons. The quantitative estimate of drug-likeness (QED) is 0.572. The van der Waals surface area contributed by atoms with Crippen molar-refractivity contribution in [3.63, 3.8) is 0 Å². The molecule has 1 fully saturated rings. The molecule has 1 saturated carbocycles. The highest BCUT2D eigenvalue weighted by Gasteiger charge is 2.28. The van der Waals surface area contributed by atoms with Gasteiger partial charge in [-0.2, -0.15) is 0 Å². The molecular formula is C23H24BrN3O2. The fourth-order valence-corrected chi connectivity index (χ4v) is 4.11. The van der Waals surface area contributed by atoms with Gasteiger partial charge in [0.1, 0.15) is 12.6 Å². The summed E-state index contributed by atoms with van der Waals surface area (Å²) in [6.45, 7) is 2.15. The highest BCUT2D eigenvalue weighted by atomic mass is 79.9. The molecule has 2 N–H and O–H groups in total. The molecule has 1 heterocycles. The summed E-state index contributed by atoms with van der Waals surface area (Å²) in [6.07, 6.45) is 2.50. The summed E-state index contributed by atoms with van der Waals surface area (Å²) in [4.78, 5) is 25.6. The molecule has 2 amide bonds. The first-order valence-corrected chi connectivity index (χ1v) is 10.7. The average molecular weight is 454 g/mol. The van der Waals surface area contributed by atoms with Crippen LogP contribution in [0.1, 0.15) is 24.1 Å². The van der Waals surface area contributed by atoms with Gasteiger partial charge in [-0.05, 0) is 47.3 Å². The fourth-order valence-electron chi connectivity index (χ4n) is 3.56. The highest BCUT2D eigenvalue weighted by Crippen LogP contribution is 2.30. The molecule has 0 spiro atoms. The van der Waals surface area contributed by atoms with Crippen molar-refractivity contribution in [1.29, 1.82) is 0 Å². The minimum Gasteiger partial charge on any atom is -0.352 e. The summed E-state index contributed by atoms with van der Waals surface area (Å²) in [5.41, 5.74) is 3.01. The van der Waals surface area contributed by atoms with E-state index in [0.717, 1.165) is 39.5 Å². The van der Waals surface area contributed by atoms with Gasteiger partial charge in [-0.25, -0.2) is 0 Å². The summed E-state index contributed by atoms with van der Waals surface area (Å²) in [6, 6.07) is 17.4. The molecule has 5 nitrogen and oxygen atoms in total. The molecule has 1 unspecified atom stereocenters. The van der Waals surface area contributed by atoms with Gasteiger partial charge in [0.2, 0.25) is 11.8 Å². The Morgan fingerprint density at radius 1 is 1.10 bits per heavy atom. The molecule has 1 aliphatic rings. The molecule has 3 aromatic rings. The first-order chi connectivity index (χ1) is 14.0. The Morgan fingerprint density at radius 2 is 1.79 bits per heavy atom. The van der Waals surface area contributed by atoms with Gasteiger partial charge in [0.15, 0.2) is 0 Å². The van der Waals surface area contributed by atoms with E-state index in [1.54, 1.807) is 0 Å². The normalized spacial score (nSPS) is 14.6. The minimum atomic E-state index is -0.587. The van der Waals surface area contributed by atoms with Crippen LogP contribution in [0.3, 0.4) is 0 Å². The van der Waals surface area contributed by atoms with Crippen LogP contribution in [-0.4, -0.2) is 28.5 Å². The molecule has 6 heteroatoms. The number of benzene rings is 2. The molecule has 1 aliphatic carbocycles. The number of nitrogens with zero attached hydrogens (tertiary/aromatic N) is 1. The Bertz CT molecular complexity index is 1040. The van der Waals surface area contributed by atoms with Crippen molar-refractivity contribution in [1.82, 2.24) is 15.2 Å². The first kappa shape index (κ1) is 19.7. The van der Waals surface area contributed by atoms with Crippen molar-refractivity contribution in [2.24, 2.45) is 0 Å². The van der Waals surface area contributed by atoms with Gasteiger partial charge >= 0.3 is 0 Å². The number of fused-ring (bicyclic) bond motifs is 1. The number of halogens is 1. The van der Waals surface area contributed by atoms with Crippen molar-refractivity contribution in [2.45, 2.75) is 44.8 Å². The molecule has 0 bridgehead atoms. The maximum Gasteiger partial charge on any atom is 0.243 e. The number of carbonyl (C=O) groups is 2. The number of hydrogen-bond acceptors (Lipinski definition) is 2. The summed E-state index contributed by atoms with van der Waals surface area (Å²) in [5.74, 6) is -0.284. The van der Waals surface area contributed by atoms with Crippen molar-refractivity contribution in [2.75, 3.05) is 0 Å². The second kappa shape index (κ2) is 8.41. The summed E-state index contributed by atoms with van der Waals surface area (Å²) < 4.78 is 2.97. The van der Waals surface area contributed by atoms with E-state index in [1.807, 2.05) is 66.1 Å². The summed E-state index contributed by atoms with van der Waals surface area (Å²) in [7, 11) is 0. The number of hydrogen-bond donors (Lipinski definition) is 2. The van der Waals surface area contributed by atoms with Gasteiger partial charge in [0.25, 0.3) is 0 Å². The lowest BCUT2D eigenvalue weighted by atomic mass is 10.1. The van der Waals surface area contributed by atoms with Gasteiger partial charge < -0.3 is 15.2 Å². The number of para-hydroxylation sites is 1. The van der Waals surface area contributed by atoms with E-state index in [9.17, 15) is 9.59 Å². The van der Waals surface area contributed by atoms with Crippen molar-refractivity contribution >= 4 is 38.6 Å². The Labute approximate surface area is 178 Å². The molecule has 1 aromatic heterocycles. The van der Waals surface area contributed by atoms with Crippen molar-refractivity contribution in [3.05, 3.63) is 70.3 Å². The SMILES string of the molecule is Cc1c(Br)c2ccccc2n1CC(=O)NC(Cc1ccccc1)C(=O)NC1CC1. The van der Waals surface area contributed by atoms with E-state index in [1.165, 1.54) is 0 Å². The molecule has 2 aromatic carbocycles. The van der Waals surface area contributed by atoms with Gasteiger partial charge in [-0.1, -0.05) is 48.5 Å². The molecular weight excluding hydrogens is 430 g/mol. The van der Waals surface area contributed by atoms with Crippen molar-refractivity contribution < 1.29 is 9.59 Å². The Morgan fingerprint density at radius 3 is 2.52 bits per heavy atom. The monoisotopic (exact) mass is 453 g/mol. The number of aromatic nitrogens is 1. The smallest absolute Gasteiger partial charge is 0.243 e. The van der Waals surface area contributed by atoms with Crippen LogP contribution in [0.25, 0.3) is 10.9 Å². The fraction of sp³-hybridized carbons (Fsp3) is 0.304. The van der Waals surface area contributed by atoms with Gasteiger partial charge in [0, 0.05) is 33.5 Å². The minimum absolute atomic E-state index is 0.111. The van der Waals surface area contributed by atoms with Crippen molar-refractivity contribution in [3.8, 4) is 0 Å². The third kappa shape index (κ3) is 4.53. The molecule has 4 rings (SSSR count). The summed E-state index contributed by atoms with van der Waals surface area (Å²) in [5, 5.41) is 7.06. The number of rotatable bonds is 7.